The highest BCUT2D eigenvalue weighted by Crippen LogP contribution is 2.38. The fourth-order valence-electron chi connectivity index (χ4n) is 6.49. The average molecular weight is 641 g/mol. The number of hydrogen-bond donors (Lipinski definition) is 2. The zero-order chi connectivity index (χ0) is 33.5. The molecule has 0 aromatic heterocycles. The van der Waals surface area contributed by atoms with Gasteiger partial charge in [-0.2, -0.15) is 0 Å². The van der Waals surface area contributed by atoms with E-state index in [-0.39, 0.29) is 0 Å². The van der Waals surface area contributed by atoms with Crippen molar-refractivity contribution in [3.63, 3.8) is 0 Å². The predicted octanol–water partition coefficient (Wildman–Crippen LogP) is 13.5. The smallest absolute Gasteiger partial charge is 0.0464 e. The van der Waals surface area contributed by atoms with Crippen molar-refractivity contribution in [2.75, 3.05) is 10.6 Å². The molecule has 0 bridgehead atoms. The molecule has 0 fully saturated rings. The van der Waals surface area contributed by atoms with Crippen LogP contribution < -0.4 is 10.6 Å². The lowest BCUT2D eigenvalue weighted by Gasteiger charge is -2.16. The summed E-state index contributed by atoms with van der Waals surface area (Å²) in [6.45, 7) is 0. The van der Waals surface area contributed by atoms with Gasteiger partial charge in [-0.1, -0.05) is 152 Å². The molecule has 0 aliphatic rings. The van der Waals surface area contributed by atoms with E-state index in [1.165, 1.54) is 44.5 Å². The average Bonchev–Trinajstić information content (AvgIpc) is 3.20. The molecule has 0 aliphatic carbocycles. The summed E-state index contributed by atoms with van der Waals surface area (Å²) in [6, 6.07) is 72.9. The molecule has 0 radical (unpaired) electrons. The second-order valence-corrected chi connectivity index (χ2v) is 12.4. The zero-order valence-electron chi connectivity index (χ0n) is 27.6. The maximum absolute atomic E-state index is 3.73. The largest absolute Gasteiger partial charge is 0.355 e. The second-order valence-electron chi connectivity index (χ2n) is 12.4. The molecule has 0 unspecified atom stereocenters. The van der Waals surface area contributed by atoms with E-state index >= 15 is 0 Å². The van der Waals surface area contributed by atoms with Crippen molar-refractivity contribution >= 4 is 22.7 Å². The third kappa shape index (κ3) is 6.82. The van der Waals surface area contributed by atoms with Crippen LogP contribution in [0.4, 0.5) is 22.7 Å². The van der Waals surface area contributed by atoms with Crippen molar-refractivity contribution in [2.45, 2.75) is 0 Å². The van der Waals surface area contributed by atoms with Gasteiger partial charge in [-0.3, -0.25) is 0 Å². The molecule has 8 aromatic carbocycles. The van der Waals surface area contributed by atoms with Gasteiger partial charge in [0.25, 0.3) is 0 Å². The predicted molar refractivity (Wildman–Crippen MR) is 213 cm³/mol. The third-order valence-corrected chi connectivity index (χ3v) is 9.06. The van der Waals surface area contributed by atoms with Crippen molar-refractivity contribution in [1.29, 1.82) is 0 Å². The van der Waals surface area contributed by atoms with Crippen LogP contribution in [0.2, 0.25) is 0 Å². The Balaban J connectivity index is 1.09. The highest BCUT2D eigenvalue weighted by molar-refractivity contribution is 5.88. The number of nitrogens with one attached hydrogen (secondary N) is 2. The van der Waals surface area contributed by atoms with Crippen LogP contribution in [-0.4, -0.2) is 0 Å². The summed E-state index contributed by atoms with van der Waals surface area (Å²) in [4.78, 5) is 0. The topological polar surface area (TPSA) is 24.1 Å². The lowest BCUT2D eigenvalue weighted by Crippen LogP contribution is -1.95. The Morgan fingerprint density at radius 2 is 0.640 bits per heavy atom. The molecule has 0 spiro atoms. The third-order valence-electron chi connectivity index (χ3n) is 9.06. The number of rotatable bonds is 9. The minimum Gasteiger partial charge on any atom is -0.355 e. The van der Waals surface area contributed by atoms with E-state index < -0.39 is 0 Å². The Hall–Kier alpha value is -6.64. The molecule has 238 valence electrons. The molecule has 8 rings (SSSR count). The van der Waals surface area contributed by atoms with Crippen LogP contribution >= 0.6 is 0 Å². The molecular weight excluding hydrogens is 605 g/mol. The van der Waals surface area contributed by atoms with Gasteiger partial charge in [-0.15, -0.1) is 0 Å². The summed E-state index contributed by atoms with van der Waals surface area (Å²) in [5.74, 6) is 0. The van der Waals surface area contributed by atoms with Crippen molar-refractivity contribution < 1.29 is 0 Å². The molecule has 0 amide bonds. The zero-order valence-corrected chi connectivity index (χ0v) is 27.6. The van der Waals surface area contributed by atoms with Gasteiger partial charge in [0.2, 0.25) is 0 Å². The molecule has 0 saturated heterocycles. The Labute approximate surface area is 294 Å². The van der Waals surface area contributed by atoms with Gasteiger partial charge in [0.05, 0.1) is 0 Å². The van der Waals surface area contributed by atoms with Gasteiger partial charge in [0, 0.05) is 33.9 Å². The van der Waals surface area contributed by atoms with Crippen LogP contribution in [0.5, 0.6) is 0 Å². The number of hydrogen-bond acceptors (Lipinski definition) is 2. The SMILES string of the molecule is c1ccc(Nc2ccccc2-c2cccc(-c3ccc(Nc4ccc(-c5cccc(-c6ccccc6)c5)cc4)c(-c4ccccc4)c3)c2)cc1. The molecule has 0 atom stereocenters. The molecule has 2 heteroatoms. The van der Waals surface area contributed by atoms with E-state index in [0.717, 1.165) is 33.9 Å². The molecule has 8 aromatic rings. The van der Waals surface area contributed by atoms with Crippen molar-refractivity contribution in [1.82, 2.24) is 0 Å². The lowest BCUT2D eigenvalue weighted by molar-refractivity contribution is 1.51. The van der Waals surface area contributed by atoms with Gasteiger partial charge in [0.15, 0.2) is 0 Å². The molecule has 2 N–H and O–H groups in total. The maximum atomic E-state index is 3.73. The summed E-state index contributed by atoms with van der Waals surface area (Å²) >= 11 is 0. The van der Waals surface area contributed by atoms with E-state index in [2.05, 4.69) is 211 Å². The molecular formula is C48H36N2. The first-order valence-electron chi connectivity index (χ1n) is 17.0. The van der Waals surface area contributed by atoms with E-state index in [9.17, 15) is 0 Å². The van der Waals surface area contributed by atoms with E-state index in [4.69, 9.17) is 0 Å². The van der Waals surface area contributed by atoms with Crippen LogP contribution in [0.15, 0.2) is 206 Å². The normalized spacial score (nSPS) is 10.8. The Morgan fingerprint density at radius 1 is 0.220 bits per heavy atom. The van der Waals surface area contributed by atoms with Crippen LogP contribution in [0, 0.1) is 0 Å². The summed E-state index contributed by atoms with van der Waals surface area (Å²) in [7, 11) is 0. The minimum absolute atomic E-state index is 1.04. The van der Waals surface area contributed by atoms with Crippen molar-refractivity contribution in [3.05, 3.63) is 206 Å². The van der Waals surface area contributed by atoms with Gasteiger partial charge >= 0.3 is 0 Å². The molecule has 0 heterocycles. The fourth-order valence-corrected chi connectivity index (χ4v) is 6.49. The van der Waals surface area contributed by atoms with Crippen LogP contribution in [0.25, 0.3) is 55.6 Å². The molecule has 0 aliphatic heterocycles. The second kappa shape index (κ2) is 14.2. The molecule has 50 heavy (non-hydrogen) atoms. The fraction of sp³-hybridized carbons (Fsp3) is 0. The van der Waals surface area contributed by atoms with Crippen molar-refractivity contribution in [2.24, 2.45) is 0 Å². The first kappa shape index (κ1) is 30.7. The Kier molecular flexibility index (Phi) is 8.73. The standard InChI is InChI=1S/C48H36N2/c1-4-14-35(15-5-1)38-18-12-19-39(32-38)36-26-29-44(30-27-36)50-48-31-28-41(34-46(48)37-16-6-2-7-17-37)40-20-13-21-42(33-40)45-24-10-11-25-47(45)49-43-22-8-3-9-23-43/h1-34,49-50H. The number of para-hydroxylation sites is 2. The van der Waals surface area contributed by atoms with Crippen molar-refractivity contribution in [3.8, 4) is 55.6 Å². The summed E-state index contributed by atoms with van der Waals surface area (Å²) in [5.41, 5.74) is 16.1. The highest BCUT2D eigenvalue weighted by atomic mass is 14.9. The summed E-state index contributed by atoms with van der Waals surface area (Å²) in [6.07, 6.45) is 0. The monoisotopic (exact) mass is 640 g/mol. The minimum atomic E-state index is 1.04. The maximum Gasteiger partial charge on any atom is 0.0464 e. The van der Waals surface area contributed by atoms with E-state index in [0.29, 0.717) is 0 Å². The van der Waals surface area contributed by atoms with Crippen LogP contribution in [-0.2, 0) is 0 Å². The number of benzene rings is 8. The van der Waals surface area contributed by atoms with E-state index in [1.807, 2.05) is 6.07 Å². The van der Waals surface area contributed by atoms with Gasteiger partial charge in [-0.25, -0.2) is 0 Å². The summed E-state index contributed by atoms with van der Waals surface area (Å²) < 4.78 is 0. The van der Waals surface area contributed by atoms with Gasteiger partial charge in [0.1, 0.15) is 0 Å². The van der Waals surface area contributed by atoms with Crippen LogP contribution in [0.1, 0.15) is 0 Å². The number of anilines is 4. The first-order chi connectivity index (χ1) is 24.8. The Bertz CT molecular complexity index is 2350. The van der Waals surface area contributed by atoms with Gasteiger partial charge < -0.3 is 10.6 Å². The summed E-state index contributed by atoms with van der Waals surface area (Å²) in [5, 5.41) is 7.33. The highest BCUT2D eigenvalue weighted by Gasteiger charge is 2.12. The van der Waals surface area contributed by atoms with Gasteiger partial charge in [-0.05, 0) is 99.1 Å². The first-order valence-corrected chi connectivity index (χ1v) is 17.0. The van der Waals surface area contributed by atoms with E-state index in [1.54, 1.807) is 0 Å². The molecule has 0 saturated carbocycles. The molecule has 2 nitrogen and oxygen atoms in total. The lowest BCUT2D eigenvalue weighted by atomic mass is 9.94. The van der Waals surface area contributed by atoms with Crippen LogP contribution in [0.3, 0.4) is 0 Å². The Morgan fingerprint density at radius 3 is 1.32 bits per heavy atom. The quantitative estimate of drug-likeness (QED) is 0.164.